The number of likely N-dealkylation sites (tertiary alicyclic amines) is 1. The molecule has 4 N–H and O–H groups in total. The third kappa shape index (κ3) is 5.51. The molecular weight excluding hydrogens is 593 g/mol. The first-order valence-corrected chi connectivity index (χ1v) is 17.6. The molecule has 3 aromatic heterocycles. The molecule has 46 heavy (non-hydrogen) atoms. The molecular formula is C37H46N6O2S. The smallest absolute Gasteiger partial charge is 0.235 e. The Hall–Kier alpha value is -3.69. The van der Waals surface area contributed by atoms with Crippen LogP contribution in [0.5, 0.6) is 0 Å². The molecule has 5 heterocycles. The maximum absolute atomic E-state index is 14.1. The third-order valence-corrected chi connectivity index (χ3v) is 12.2. The SMILES string of the molecule is Cc1cc(C)cc(-c2[nH]c3sc(C(C)(C)C(=O)C4C5CCC4NC5)cc3c2[C@H](C)CNC(=NO)N2CCC(c3ccncc3)C2)c1. The molecule has 4 aromatic rings. The van der Waals surface area contributed by atoms with Gasteiger partial charge in [0.05, 0.1) is 11.1 Å². The summed E-state index contributed by atoms with van der Waals surface area (Å²) >= 11 is 1.72. The van der Waals surface area contributed by atoms with E-state index >= 15 is 0 Å². The summed E-state index contributed by atoms with van der Waals surface area (Å²) in [7, 11) is 0. The van der Waals surface area contributed by atoms with Gasteiger partial charge in [-0.25, -0.2) is 0 Å². The topological polar surface area (TPSA) is 106 Å². The average molecular weight is 639 g/mol. The number of fused-ring (bicyclic) bond motifs is 3. The van der Waals surface area contributed by atoms with Crippen molar-refractivity contribution in [2.45, 2.75) is 77.2 Å². The van der Waals surface area contributed by atoms with Crippen molar-refractivity contribution in [3.8, 4) is 11.3 Å². The Morgan fingerprint density at radius 2 is 1.91 bits per heavy atom. The fraction of sp³-hybridized carbons (Fsp3) is 0.486. The quantitative estimate of drug-likeness (QED) is 0.0743. The highest BCUT2D eigenvalue weighted by Crippen LogP contribution is 2.46. The normalized spacial score (nSPS) is 23.8. The van der Waals surface area contributed by atoms with Crippen LogP contribution >= 0.6 is 11.3 Å². The largest absolute Gasteiger partial charge is 0.408 e. The molecule has 2 bridgehead atoms. The number of aromatic amines is 1. The van der Waals surface area contributed by atoms with E-state index in [0.717, 1.165) is 54.3 Å². The van der Waals surface area contributed by atoms with Crippen molar-refractivity contribution in [2.75, 3.05) is 26.2 Å². The van der Waals surface area contributed by atoms with Crippen LogP contribution in [0.25, 0.3) is 21.5 Å². The van der Waals surface area contributed by atoms with Gasteiger partial charge in [0.2, 0.25) is 5.96 Å². The number of nitrogens with one attached hydrogen (secondary N) is 3. The fourth-order valence-electron chi connectivity index (χ4n) is 8.36. The van der Waals surface area contributed by atoms with E-state index in [0.29, 0.717) is 36.2 Å². The zero-order chi connectivity index (χ0) is 32.2. The lowest BCUT2D eigenvalue weighted by atomic mass is 9.76. The van der Waals surface area contributed by atoms with Gasteiger partial charge in [0.25, 0.3) is 0 Å². The number of benzene rings is 1. The Morgan fingerprint density at radius 3 is 2.57 bits per heavy atom. The maximum atomic E-state index is 14.1. The number of H-pyrrole nitrogens is 1. The zero-order valence-electron chi connectivity index (χ0n) is 27.6. The van der Waals surface area contributed by atoms with Crippen LogP contribution in [-0.2, 0) is 10.2 Å². The molecule has 1 aliphatic carbocycles. The van der Waals surface area contributed by atoms with Crippen LogP contribution in [0.1, 0.15) is 79.0 Å². The molecule has 3 aliphatic rings. The van der Waals surface area contributed by atoms with Gasteiger partial charge in [0, 0.05) is 66.1 Å². The number of Topliss-reactive ketones (excluding diaryl/α,β-unsaturated/α-hetero) is 1. The van der Waals surface area contributed by atoms with E-state index < -0.39 is 5.41 Å². The molecule has 8 nitrogen and oxygen atoms in total. The van der Waals surface area contributed by atoms with Gasteiger partial charge in [-0.15, -0.1) is 11.3 Å². The summed E-state index contributed by atoms with van der Waals surface area (Å²) in [6, 6.07) is 13.4. The minimum Gasteiger partial charge on any atom is -0.408 e. The van der Waals surface area contributed by atoms with Crippen molar-refractivity contribution in [3.05, 3.63) is 75.9 Å². The average Bonchev–Trinajstić information content (AvgIpc) is 3.87. The first kappa shape index (κ1) is 30.9. The van der Waals surface area contributed by atoms with E-state index in [2.05, 4.69) is 102 Å². The number of ketones is 1. The van der Waals surface area contributed by atoms with Crippen molar-refractivity contribution in [2.24, 2.45) is 17.0 Å². The second kappa shape index (κ2) is 12.2. The molecule has 2 saturated heterocycles. The summed E-state index contributed by atoms with van der Waals surface area (Å²) in [5.74, 6) is 1.95. The van der Waals surface area contributed by atoms with Crippen LogP contribution in [0.3, 0.4) is 0 Å². The van der Waals surface area contributed by atoms with Crippen molar-refractivity contribution in [3.63, 3.8) is 0 Å². The van der Waals surface area contributed by atoms with Gasteiger partial charge in [-0.3, -0.25) is 9.78 Å². The number of guanidine groups is 1. The standard InChI is InChI=1S/C37H46N6O2S/c1-21-14-22(2)16-27(15-21)33-31(23(3)18-40-36(42-45)43-13-10-26(20-43)24-8-11-38-12-9-24)28-17-30(46-35(28)41-33)37(4,5)34(44)32-25-6-7-29(32)39-19-25/h8-9,11-12,14-17,23,25-26,29,32,39,41,45H,6-7,10,13,18-20H2,1-5H3,(H,40,42)/t23-,25?,26?,29?,32?/m1/s1. The number of pyridine rings is 1. The number of nitrogens with zero attached hydrogens (tertiary/aromatic N) is 3. The number of piperidine rings is 1. The Labute approximate surface area is 275 Å². The molecule has 242 valence electrons. The fourth-order valence-corrected chi connectivity index (χ4v) is 9.54. The highest BCUT2D eigenvalue weighted by molar-refractivity contribution is 7.19. The monoisotopic (exact) mass is 638 g/mol. The molecule has 0 amide bonds. The van der Waals surface area contributed by atoms with Crippen molar-refractivity contribution < 1.29 is 10.0 Å². The first-order chi connectivity index (χ1) is 22.1. The van der Waals surface area contributed by atoms with Crippen LogP contribution in [0, 0.1) is 25.7 Å². The van der Waals surface area contributed by atoms with Gasteiger partial charge in [0.15, 0.2) is 0 Å². The second-order valence-electron chi connectivity index (χ2n) is 14.4. The molecule has 9 heteroatoms. The molecule has 1 aromatic carbocycles. The van der Waals surface area contributed by atoms with Crippen molar-refractivity contribution in [1.82, 2.24) is 25.5 Å². The predicted molar refractivity (Wildman–Crippen MR) is 186 cm³/mol. The number of aryl methyl sites for hydroxylation is 2. The van der Waals surface area contributed by atoms with Crippen LogP contribution < -0.4 is 10.6 Å². The minimum absolute atomic E-state index is 0.0936. The number of rotatable bonds is 8. The minimum atomic E-state index is -0.557. The highest BCUT2D eigenvalue weighted by atomic mass is 32.1. The number of carbonyl (C=O) groups is 1. The van der Waals surface area contributed by atoms with E-state index in [1.54, 1.807) is 11.3 Å². The molecule has 2 aliphatic heterocycles. The molecule has 7 rings (SSSR count). The summed E-state index contributed by atoms with van der Waals surface area (Å²) in [6.07, 6.45) is 6.95. The van der Waals surface area contributed by atoms with Crippen LogP contribution in [-0.4, -0.2) is 64.0 Å². The molecule has 4 unspecified atom stereocenters. The van der Waals surface area contributed by atoms with E-state index in [4.69, 9.17) is 0 Å². The summed E-state index contributed by atoms with van der Waals surface area (Å²) in [6.45, 7) is 13.9. The lowest BCUT2D eigenvalue weighted by molar-refractivity contribution is -0.128. The number of oxime groups is 1. The van der Waals surface area contributed by atoms with E-state index in [1.165, 1.54) is 33.2 Å². The number of hydrogen-bond donors (Lipinski definition) is 4. The third-order valence-electron chi connectivity index (χ3n) is 10.8. The Balaban J connectivity index is 1.17. The van der Waals surface area contributed by atoms with Gasteiger partial charge >= 0.3 is 0 Å². The molecule has 0 radical (unpaired) electrons. The van der Waals surface area contributed by atoms with Gasteiger partial charge in [-0.1, -0.05) is 29.3 Å². The Bertz CT molecular complexity index is 1730. The van der Waals surface area contributed by atoms with E-state index in [-0.39, 0.29) is 11.8 Å². The van der Waals surface area contributed by atoms with Crippen molar-refractivity contribution in [1.29, 1.82) is 0 Å². The van der Waals surface area contributed by atoms with E-state index in [1.807, 2.05) is 12.4 Å². The summed E-state index contributed by atoms with van der Waals surface area (Å²) in [5, 5.41) is 22.0. The summed E-state index contributed by atoms with van der Waals surface area (Å²) in [5.41, 5.74) is 6.69. The lowest BCUT2D eigenvalue weighted by Gasteiger charge is -2.27. The van der Waals surface area contributed by atoms with Crippen LogP contribution in [0.4, 0.5) is 0 Å². The molecule has 1 saturated carbocycles. The number of carbonyl (C=O) groups excluding carboxylic acids is 1. The zero-order valence-corrected chi connectivity index (χ0v) is 28.4. The number of hydrogen-bond acceptors (Lipinski definition) is 6. The Morgan fingerprint density at radius 1 is 1.15 bits per heavy atom. The maximum Gasteiger partial charge on any atom is 0.235 e. The summed E-state index contributed by atoms with van der Waals surface area (Å²) < 4.78 is 0. The van der Waals surface area contributed by atoms with Gasteiger partial charge in [-0.2, -0.15) is 0 Å². The van der Waals surface area contributed by atoms with Crippen LogP contribution in [0.15, 0.2) is 53.9 Å². The Kier molecular flexibility index (Phi) is 8.18. The molecule has 5 atom stereocenters. The predicted octanol–water partition coefficient (Wildman–Crippen LogP) is 6.68. The first-order valence-electron chi connectivity index (χ1n) is 16.8. The van der Waals surface area contributed by atoms with Gasteiger partial charge < -0.3 is 25.7 Å². The highest BCUT2D eigenvalue weighted by Gasteiger charge is 2.50. The second-order valence-corrected chi connectivity index (χ2v) is 15.5. The molecule has 3 fully saturated rings. The van der Waals surface area contributed by atoms with Gasteiger partial charge in [-0.05, 0) is 106 Å². The van der Waals surface area contributed by atoms with Gasteiger partial charge in [0.1, 0.15) is 10.6 Å². The summed E-state index contributed by atoms with van der Waals surface area (Å²) in [4.78, 5) is 26.4. The van der Waals surface area contributed by atoms with E-state index in [9.17, 15) is 10.0 Å². The lowest BCUT2D eigenvalue weighted by Crippen LogP contribution is -2.41. The molecule has 0 spiro atoms. The van der Waals surface area contributed by atoms with Crippen LogP contribution in [0.2, 0.25) is 0 Å². The number of thiophene rings is 1. The van der Waals surface area contributed by atoms with Crippen molar-refractivity contribution >= 4 is 33.3 Å². The number of aromatic nitrogens is 2.